The van der Waals surface area contributed by atoms with Gasteiger partial charge in [-0.3, -0.25) is 0 Å². The molecule has 0 saturated heterocycles. The van der Waals surface area contributed by atoms with E-state index in [2.05, 4.69) is 25.0 Å². The fourth-order valence-electron chi connectivity index (χ4n) is 2.99. The van der Waals surface area contributed by atoms with Crippen LogP contribution in [0.2, 0.25) is 0 Å². The molecule has 0 aliphatic heterocycles. The molecule has 0 bridgehead atoms. The smallest absolute Gasteiger partial charge is 0.338 e. The summed E-state index contributed by atoms with van der Waals surface area (Å²) >= 11 is 0. The molecule has 3 aromatic rings. The van der Waals surface area contributed by atoms with E-state index in [0.717, 1.165) is 0 Å². The molecule has 0 radical (unpaired) electrons. The molecule has 0 fully saturated rings. The average Bonchev–Trinajstić information content (AvgIpc) is 2.84. The van der Waals surface area contributed by atoms with E-state index in [-0.39, 0.29) is 34.6 Å². The maximum atomic E-state index is 14.9. The van der Waals surface area contributed by atoms with Crippen LogP contribution >= 0.6 is 0 Å². The number of halogens is 2. The summed E-state index contributed by atoms with van der Waals surface area (Å²) in [5.41, 5.74) is 2.27. The van der Waals surface area contributed by atoms with Crippen LogP contribution in [0.25, 0.3) is 22.3 Å². The number of esters is 2. The van der Waals surface area contributed by atoms with Crippen molar-refractivity contribution in [1.82, 2.24) is 0 Å². The number of hydrogen-bond donors (Lipinski definition) is 0. The summed E-state index contributed by atoms with van der Waals surface area (Å²) < 4.78 is 39.9. The maximum absolute atomic E-state index is 14.9. The van der Waals surface area contributed by atoms with Gasteiger partial charge in [0.1, 0.15) is 5.75 Å². The summed E-state index contributed by atoms with van der Waals surface area (Å²) in [6.45, 7) is 9.99. The van der Waals surface area contributed by atoms with Crippen LogP contribution in [0.3, 0.4) is 0 Å². The van der Waals surface area contributed by atoms with Gasteiger partial charge in [-0.1, -0.05) is 61.4 Å². The molecule has 35 heavy (non-hydrogen) atoms. The fourth-order valence-corrected chi connectivity index (χ4v) is 2.99. The van der Waals surface area contributed by atoms with Crippen molar-refractivity contribution in [3.63, 3.8) is 0 Å². The highest BCUT2D eigenvalue weighted by Gasteiger charge is 2.16. The molecule has 4 nitrogen and oxygen atoms in total. The van der Waals surface area contributed by atoms with E-state index in [4.69, 9.17) is 9.47 Å². The Hall–Kier alpha value is -4.50. The quantitative estimate of drug-likeness (QED) is 0.184. The average molecular weight is 472 g/mol. The van der Waals surface area contributed by atoms with Crippen molar-refractivity contribution in [2.24, 2.45) is 0 Å². The van der Waals surface area contributed by atoms with E-state index < -0.39 is 23.6 Å². The minimum Gasteiger partial charge on any atom is -0.449 e. The van der Waals surface area contributed by atoms with Crippen molar-refractivity contribution in [3.8, 4) is 39.8 Å². The lowest BCUT2D eigenvalue weighted by molar-refractivity contribution is -0.137. The molecule has 0 saturated carbocycles. The Morgan fingerprint density at radius 2 is 1.26 bits per heavy atom. The zero-order valence-electron chi connectivity index (χ0n) is 19.3. The van der Waals surface area contributed by atoms with Crippen LogP contribution in [-0.2, 0) is 14.3 Å². The first-order valence-electron chi connectivity index (χ1n) is 10.6. The number of carbonyl (C=O) groups excluding carboxylic acids is 2. The number of rotatable bonds is 6. The van der Waals surface area contributed by atoms with Crippen molar-refractivity contribution in [1.29, 1.82) is 0 Å². The second-order valence-corrected chi connectivity index (χ2v) is 7.72. The van der Waals surface area contributed by atoms with E-state index in [1.165, 1.54) is 31.2 Å². The number of hydrogen-bond acceptors (Lipinski definition) is 4. The van der Waals surface area contributed by atoms with Crippen molar-refractivity contribution < 1.29 is 27.8 Å². The summed E-state index contributed by atoms with van der Waals surface area (Å²) in [5.74, 6) is 2.77. The predicted octanol–water partition coefficient (Wildman–Crippen LogP) is 6.25. The Kier molecular flexibility index (Phi) is 7.96. The van der Waals surface area contributed by atoms with Gasteiger partial charge < -0.3 is 9.47 Å². The van der Waals surface area contributed by atoms with E-state index in [1.54, 1.807) is 43.3 Å². The van der Waals surface area contributed by atoms with Crippen LogP contribution in [0.5, 0.6) is 5.75 Å². The van der Waals surface area contributed by atoms with Gasteiger partial charge >= 0.3 is 11.9 Å². The van der Waals surface area contributed by atoms with Gasteiger partial charge in [-0.05, 0) is 49.2 Å². The molecule has 3 aromatic carbocycles. The first-order valence-corrected chi connectivity index (χ1v) is 10.6. The Balaban J connectivity index is 1.75. The normalized spacial score (nSPS) is 10.1. The lowest BCUT2D eigenvalue weighted by Gasteiger charge is -2.10. The fraction of sp³-hybridized carbons (Fsp3) is 0.103. The first-order chi connectivity index (χ1) is 16.7. The van der Waals surface area contributed by atoms with E-state index in [0.29, 0.717) is 16.7 Å². The molecule has 0 N–H and O–H groups in total. The topological polar surface area (TPSA) is 52.6 Å². The first kappa shape index (κ1) is 25.1. The zero-order chi connectivity index (χ0) is 25.5. The monoisotopic (exact) mass is 472 g/mol. The van der Waals surface area contributed by atoms with Gasteiger partial charge in [0.2, 0.25) is 0 Å². The molecule has 0 heterocycles. The van der Waals surface area contributed by atoms with Crippen molar-refractivity contribution in [2.45, 2.75) is 13.8 Å². The van der Waals surface area contributed by atoms with Crippen LogP contribution in [0.15, 0.2) is 85.0 Å². The highest BCUT2D eigenvalue weighted by molar-refractivity contribution is 5.89. The highest BCUT2D eigenvalue weighted by Crippen LogP contribution is 2.32. The molecule has 0 spiro atoms. The van der Waals surface area contributed by atoms with Crippen LogP contribution in [0.4, 0.5) is 8.78 Å². The minimum atomic E-state index is -0.989. The zero-order valence-corrected chi connectivity index (χ0v) is 19.3. The molecule has 0 aliphatic rings. The van der Waals surface area contributed by atoms with Gasteiger partial charge in [0.25, 0.3) is 0 Å². The molecule has 0 aliphatic carbocycles. The summed E-state index contributed by atoms with van der Waals surface area (Å²) in [5, 5.41) is 0. The molecule has 6 heteroatoms. The van der Waals surface area contributed by atoms with Crippen LogP contribution in [0, 0.1) is 23.5 Å². The molecule has 0 atom stereocenters. The molecule has 0 aromatic heterocycles. The Bertz CT molecular complexity index is 1360. The molecule has 0 amide bonds. The number of carbonyl (C=O) groups is 2. The minimum absolute atomic E-state index is 0.0773. The van der Waals surface area contributed by atoms with Gasteiger partial charge in [0.15, 0.2) is 18.2 Å². The maximum Gasteiger partial charge on any atom is 0.338 e. The van der Waals surface area contributed by atoms with E-state index in [1.807, 2.05) is 0 Å². The Morgan fingerprint density at radius 1 is 0.771 bits per heavy atom. The van der Waals surface area contributed by atoms with Gasteiger partial charge in [-0.15, -0.1) is 0 Å². The van der Waals surface area contributed by atoms with E-state index >= 15 is 0 Å². The van der Waals surface area contributed by atoms with Crippen LogP contribution < -0.4 is 4.74 Å². The molecule has 0 unspecified atom stereocenters. The highest BCUT2D eigenvalue weighted by atomic mass is 19.2. The predicted molar refractivity (Wildman–Crippen MR) is 130 cm³/mol. The summed E-state index contributed by atoms with van der Waals surface area (Å²) in [4.78, 5) is 22.9. The largest absolute Gasteiger partial charge is 0.449 e. The SMILES string of the molecule is C=C(C)C(=O)OCC#Cc1ccc(-c2ccc(-c3ccc(OC(=O)C(=C)C)cc3)c(F)c2F)cc1. The molecular formula is C29H22F2O4. The number of benzene rings is 3. The third-order valence-electron chi connectivity index (χ3n) is 4.86. The summed E-state index contributed by atoms with van der Waals surface area (Å²) in [6, 6.07) is 15.7. The van der Waals surface area contributed by atoms with Gasteiger partial charge in [-0.2, -0.15) is 0 Å². The van der Waals surface area contributed by atoms with Gasteiger partial charge in [-0.25, -0.2) is 18.4 Å². The van der Waals surface area contributed by atoms with Crippen molar-refractivity contribution in [2.75, 3.05) is 6.61 Å². The van der Waals surface area contributed by atoms with Gasteiger partial charge in [0.05, 0.1) is 0 Å². The molecule has 176 valence electrons. The van der Waals surface area contributed by atoms with E-state index in [9.17, 15) is 18.4 Å². The Labute approximate surface area is 202 Å². The summed E-state index contributed by atoms with van der Waals surface area (Å²) in [6.07, 6.45) is 0. The third kappa shape index (κ3) is 6.30. The number of ether oxygens (including phenoxy) is 2. The lowest BCUT2D eigenvalue weighted by Crippen LogP contribution is -2.07. The second kappa shape index (κ2) is 11.1. The van der Waals surface area contributed by atoms with Gasteiger partial charge in [0, 0.05) is 27.8 Å². The lowest BCUT2D eigenvalue weighted by atomic mass is 9.98. The van der Waals surface area contributed by atoms with Crippen LogP contribution in [0.1, 0.15) is 19.4 Å². The summed E-state index contributed by atoms with van der Waals surface area (Å²) in [7, 11) is 0. The van der Waals surface area contributed by atoms with Crippen LogP contribution in [-0.4, -0.2) is 18.5 Å². The third-order valence-corrected chi connectivity index (χ3v) is 4.86. The molecule has 3 rings (SSSR count). The Morgan fingerprint density at radius 3 is 1.74 bits per heavy atom. The van der Waals surface area contributed by atoms with Crippen molar-refractivity contribution in [3.05, 3.63) is 102 Å². The standard InChI is InChI=1S/C29H22F2O4/c1-18(2)28(32)34-17-5-6-20-7-9-21(10-8-20)24-15-16-25(27(31)26(24)30)22-11-13-23(14-12-22)35-29(33)19(3)4/h7-16H,1,3,17H2,2,4H3. The van der Waals surface area contributed by atoms with Crippen molar-refractivity contribution >= 4 is 11.9 Å². The second-order valence-electron chi connectivity index (χ2n) is 7.72. The molecular weight excluding hydrogens is 450 g/mol.